The molecule has 0 aliphatic carbocycles. The molecule has 0 unspecified atom stereocenters. The van der Waals surface area contributed by atoms with Crippen LogP contribution >= 0.6 is 0 Å². The van der Waals surface area contributed by atoms with E-state index >= 15 is 0 Å². The minimum absolute atomic E-state index is 0.0182. The SMILES string of the molecule is NCCOc1ccc(NC(=O)N2CCCCC2)cc1. The van der Waals surface area contributed by atoms with Crippen molar-refractivity contribution in [1.82, 2.24) is 4.90 Å². The zero-order valence-corrected chi connectivity index (χ0v) is 11.1. The maximum absolute atomic E-state index is 12.0. The van der Waals surface area contributed by atoms with E-state index in [1.165, 1.54) is 6.42 Å². The van der Waals surface area contributed by atoms with E-state index in [1.54, 1.807) is 0 Å². The van der Waals surface area contributed by atoms with Crippen molar-refractivity contribution < 1.29 is 9.53 Å². The van der Waals surface area contributed by atoms with E-state index < -0.39 is 0 Å². The summed E-state index contributed by atoms with van der Waals surface area (Å²) in [6, 6.07) is 7.33. The van der Waals surface area contributed by atoms with Crippen molar-refractivity contribution in [3.05, 3.63) is 24.3 Å². The molecule has 0 aromatic heterocycles. The lowest BCUT2D eigenvalue weighted by molar-refractivity contribution is 0.200. The van der Waals surface area contributed by atoms with Crippen LogP contribution in [0.3, 0.4) is 0 Å². The molecule has 1 aliphatic heterocycles. The number of nitrogens with zero attached hydrogens (tertiary/aromatic N) is 1. The number of benzene rings is 1. The zero-order chi connectivity index (χ0) is 13.5. The van der Waals surface area contributed by atoms with Gasteiger partial charge in [0.1, 0.15) is 12.4 Å². The van der Waals surface area contributed by atoms with Crippen LogP contribution in [-0.2, 0) is 0 Å². The van der Waals surface area contributed by atoms with Crippen LogP contribution < -0.4 is 15.8 Å². The fourth-order valence-corrected chi connectivity index (χ4v) is 2.11. The summed E-state index contributed by atoms with van der Waals surface area (Å²) in [7, 11) is 0. The van der Waals surface area contributed by atoms with Crippen molar-refractivity contribution in [2.45, 2.75) is 19.3 Å². The Balaban J connectivity index is 1.86. The minimum Gasteiger partial charge on any atom is -0.492 e. The Hall–Kier alpha value is -1.75. The third-order valence-electron chi connectivity index (χ3n) is 3.14. The van der Waals surface area contributed by atoms with Crippen molar-refractivity contribution in [2.75, 3.05) is 31.6 Å². The topological polar surface area (TPSA) is 67.6 Å². The van der Waals surface area contributed by atoms with E-state index in [2.05, 4.69) is 5.32 Å². The van der Waals surface area contributed by atoms with Gasteiger partial charge in [-0.3, -0.25) is 0 Å². The number of carbonyl (C=O) groups excluding carboxylic acids is 1. The summed E-state index contributed by atoms with van der Waals surface area (Å²) < 4.78 is 5.38. The highest BCUT2D eigenvalue weighted by Crippen LogP contribution is 2.17. The molecule has 0 bridgehead atoms. The number of carbonyl (C=O) groups is 1. The first-order valence-corrected chi connectivity index (χ1v) is 6.78. The summed E-state index contributed by atoms with van der Waals surface area (Å²) >= 11 is 0. The second-order valence-corrected chi connectivity index (χ2v) is 4.64. The predicted molar refractivity (Wildman–Crippen MR) is 75.4 cm³/mol. The lowest BCUT2D eigenvalue weighted by atomic mass is 10.1. The second-order valence-electron chi connectivity index (χ2n) is 4.64. The number of hydrogen-bond acceptors (Lipinski definition) is 3. The standard InChI is InChI=1S/C14H21N3O2/c15-8-11-19-13-6-4-12(5-7-13)16-14(18)17-9-2-1-3-10-17/h4-7H,1-3,8-11,15H2,(H,16,18). The Morgan fingerprint density at radius 3 is 2.53 bits per heavy atom. The van der Waals surface area contributed by atoms with Gasteiger partial charge in [0.15, 0.2) is 0 Å². The van der Waals surface area contributed by atoms with Crippen LogP contribution in [0.2, 0.25) is 0 Å². The Bertz CT molecular complexity index is 400. The molecule has 3 N–H and O–H groups in total. The molecule has 0 spiro atoms. The Kier molecular flexibility index (Phi) is 5.03. The van der Waals surface area contributed by atoms with Gasteiger partial charge >= 0.3 is 6.03 Å². The maximum Gasteiger partial charge on any atom is 0.321 e. The van der Waals surface area contributed by atoms with Crippen LogP contribution in [0.15, 0.2) is 24.3 Å². The highest BCUT2D eigenvalue weighted by atomic mass is 16.5. The van der Waals surface area contributed by atoms with Crippen molar-refractivity contribution in [3.63, 3.8) is 0 Å². The van der Waals surface area contributed by atoms with E-state index in [0.717, 1.165) is 37.4 Å². The molecule has 1 aliphatic rings. The summed E-state index contributed by atoms with van der Waals surface area (Å²) in [4.78, 5) is 13.9. The maximum atomic E-state index is 12.0. The lowest BCUT2D eigenvalue weighted by Crippen LogP contribution is -2.38. The summed E-state index contributed by atoms with van der Waals surface area (Å²) in [6.07, 6.45) is 3.41. The van der Waals surface area contributed by atoms with Gasteiger partial charge in [-0.05, 0) is 43.5 Å². The summed E-state index contributed by atoms with van der Waals surface area (Å²) in [5.74, 6) is 0.765. The lowest BCUT2D eigenvalue weighted by Gasteiger charge is -2.26. The van der Waals surface area contributed by atoms with Gasteiger partial charge < -0.3 is 20.7 Å². The van der Waals surface area contributed by atoms with E-state index in [1.807, 2.05) is 29.2 Å². The first-order chi connectivity index (χ1) is 9.29. The average molecular weight is 263 g/mol. The minimum atomic E-state index is -0.0182. The van der Waals surface area contributed by atoms with Crippen molar-refractivity contribution >= 4 is 11.7 Å². The van der Waals surface area contributed by atoms with Crippen molar-refractivity contribution in [3.8, 4) is 5.75 Å². The third kappa shape index (κ3) is 4.13. The van der Waals surface area contributed by atoms with E-state index in [0.29, 0.717) is 13.2 Å². The van der Waals surface area contributed by atoms with Gasteiger partial charge in [-0.2, -0.15) is 0 Å². The first-order valence-electron chi connectivity index (χ1n) is 6.78. The zero-order valence-electron chi connectivity index (χ0n) is 11.1. The van der Waals surface area contributed by atoms with Crippen molar-refractivity contribution in [2.24, 2.45) is 5.73 Å². The Labute approximate surface area is 113 Å². The van der Waals surface area contributed by atoms with Gasteiger partial charge in [0.25, 0.3) is 0 Å². The number of nitrogens with two attached hydrogens (primary N) is 1. The number of hydrogen-bond donors (Lipinski definition) is 2. The molecular formula is C14H21N3O2. The number of ether oxygens (including phenoxy) is 1. The molecule has 1 aromatic carbocycles. The largest absolute Gasteiger partial charge is 0.492 e. The molecule has 1 fully saturated rings. The first kappa shape index (κ1) is 13.7. The smallest absolute Gasteiger partial charge is 0.321 e. The highest BCUT2D eigenvalue weighted by Gasteiger charge is 2.16. The van der Waals surface area contributed by atoms with Crippen molar-refractivity contribution in [1.29, 1.82) is 0 Å². The molecule has 5 heteroatoms. The van der Waals surface area contributed by atoms with Crippen LogP contribution in [0.4, 0.5) is 10.5 Å². The normalized spacial score (nSPS) is 15.1. The Morgan fingerprint density at radius 2 is 1.89 bits per heavy atom. The fraction of sp³-hybridized carbons (Fsp3) is 0.500. The molecule has 2 amide bonds. The number of likely N-dealkylation sites (tertiary alicyclic amines) is 1. The molecule has 1 aromatic rings. The highest BCUT2D eigenvalue weighted by molar-refractivity contribution is 5.89. The molecule has 5 nitrogen and oxygen atoms in total. The van der Waals surface area contributed by atoms with E-state index in [-0.39, 0.29) is 6.03 Å². The summed E-state index contributed by atoms with van der Waals surface area (Å²) in [5.41, 5.74) is 6.15. The molecule has 0 atom stereocenters. The molecule has 1 heterocycles. The van der Waals surface area contributed by atoms with Gasteiger partial charge in [0, 0.05) is 25.3 Å². The predicted octanol–water partition coefficient (Wildman–Crippen LogP) is 2.04. The van der Waals surface area contributed by atoms with Gasteiger partial charge in [0.2, 0.25) is 0 Å². The number of amides is 2. The third-order valence-corrected chi connectivity index (χ3v) is 3.14. The second kappa shape index (κ2) is 6.99. The number of rotatable bonds is 4. The molecule has 19 heavy (non-hydrogen) atoms. The average Bonchev–Trinajstić information content (AvgIpc) is 2.47. The number of piperidine rings is 1. The Morgan fingerprint density at radius 1 is 1.21 bits per heavy atom. The molecule has 2 rings (SSSR count). The van der Waals surface area contributed by atoms with Gasteiger partial charge in [-0.1, -0.05) is 0 Å². The van der Waals surface area contributed by atoms with Gasteiger partial charge in [-0.15, -0.1) is 0 Å². The molecule has 0 saturated carbocycles. The van der Waals surface area contributed by atoms with Gasteiger partial charge in [-0.25, -0.2) is 4.79 Å². The van der Waals surface area contributed by atoms with E-state index in [4.69, 9.17) is 10.5 Å². The molecule has 1 saturated heterocycles. The van der Waals surface area contributed by atoms with Gasteiger partial charge in [0.05, 0.1) is 0 Å². The summed E-state index contributed by atoms with van der Waals surface area (Å²) in [6.45, 7) is 2.69. The van der Waals surface area contributed by atoms with E-state index in [9.17, 15) is 4.79 Å². The number of urea groups is 1. The fourth-order valence-electron chi connectivity index (χ4n) is 2.11. The summed E-state index contributed by atoms with van der Waals surface area (Å²) in [5, 5.41) is 2.90. The quantitative estimate of drug-likeness (QED) is 0.873. The monoisotopic (exact) mass is 263 g/mol. The van der Waals surface area contributed by atoms with Crippen LogP contribution in [0.25, 0.3) is 0 Å². The molecule has 104 valence electrons. The molecular weight excluding hydrogens is 242 g/mol. The van der Waals surface area contributed by atoms with Crippen LogP contribution in [0.5, 0.6) is 5.75 Å². The van der Waals surface area contributed by atoms with Crippen LogP contribution in [0.1, 0.15) is 19.3 Å². The number of anilines is 1. The van der Waals surface area contributed by atoms with Crippen LogP contribution in [0, 0.1) is 0 Å². The molecule has 0 radical (unpaired) electrons. The number of nitrogens with one attached hydrogen (secondary N) is 1. The van der Waals surface area contributed by atoms with Crippen LogP contribution in [-0.4, -0.2) is 37.2 Å².